The minimum Gasteiger partial charge on any atom is -0.303 e. The molecule has 0 N–H and O–H groups in total. The lowest BCUT2D eigenvalue weighted by molar-refractivity contribution is 0.104. The number of allylic oxidation sites excluding steroid dienone is 3. The predicted octanol–water partition coefficient (Wildman–Crippen LogP) is 7.79. The van der Waals surface area contributed by atoms with Gasteiger partial charge in [-0.05, 0) is 118 Å². The Balaban J connectivity index is 1.51. The average Bonchev–Trinajstić information content (AvgIpc) is 3.04. The standard InChI is InChI=1S/C34H43N3O/c1-6-8-16-35-26(5)20-30-21-27(19-24(3)31-13-12-29(22-32(30)31)34(38)7-2)23-37-17-14-28(15-18-37)33-11-9-10-25(4)36-33/h6-13,16,22,24,27-28,30H,1-2,14-15,17-21,23H2,3-5H3/b16-8-,35-26?. The molecule has 0 spiro atoms. The maximum absolute atomic E-state index is 12.5. The second-order valence-electron chi connectivity index (χ2n) is 11.3. The summed E-state index contributed by atoms with van der Waals surface area (Å²) < 4.78 is 0. The van der Waals surface area contributed by atoms with Gasteiger partial charge in [0.2, 0.25) is 0 Å². The zero-order valence-corrected chi connectivity index (χ0v) is 23.4. The fourth-order valence-electron chi connectivity index (χ4n) is 6.45. The molecule has 2 aromatic rings. The van der Waals surface area contributed by atoms with Crippen molar-refractivity contribution in [1.29, 1.82) is 0 Å². The highest BCUT2D eigenvalue weighted by Crippen LogP contribution is 2.42. The molecule has 4 rings (SSSR count). The van der Waals surface area contributed by atoms with Gasteiger partial charge >= 0.3 is 0 Å². The summed E-state index contributed by atoms with van der Waals surface area (Å²) in [4.78, 5) is 24.6. The second kappa shape index (κ2) is 13.1. The number of piperidine rings is 1. The van der Waals surface area contributed by atoms with Gasteiger partial charge < -0.3 is 4.90 Å². The van der Waals surface area contributed by atoms with Gasteiger partial charge in [0.1, 0.15) is 0 Å². The van der Waals surface area contributed by atoms with Crippen LogP contribution < -0.4 is 0 Å². The van der Waals surface area contributed by atoms with Gasteiger partial charge in [-0.3, -0.25) is 14.8 Å². The maximum atomic E-state index is 12.5. The van der Waals surface area contributed by atoms with Gasteiger partial charge in [-0.1, -0.05) is 44.4 Å². The number of ketones is 1. The zero-order valence-electron chi connectivity index (χ0n) is 23.4. The Labute approximate surface area is 229 Å². The van der Waals surface area contributed by atoms with Crippen LogP contribution >= 0.6 is 0 Å². The van der Waals surface area contributed by atoms with E-state index in [1.54, 1.807) is 6.08 Å². The molecular formula is C34H43N3O. The first-order chi connectivity index (χ1) is 18.4. The lowest BCUT2D eigenvalue weighted by atomic mass is 9.84. The number of nitrogens with zero attached hydrogens (tertiary/aromatic N) is 3. The molecule has 4 heteroatoms. The first kappa shape index (κ1) is 27.9. The van der Waals surface area contributed by atoms with Crippen LogP contribution in [0, 0.1) is 12.8 Å². The summed E-state index contributed by atoms with van der Waals surface area (Å²) >= 11 is 0. The van der Waals surface area contributed by atoms with E-state index in [2.05, 4.69) is 74.2 Å². The number of aromatic nitrogens is 1. The van der Waals surface area contributed by atoms with Crippen LogP contribution in [-0.2, 0) is 0 Å². The number of hydrogen-bond donors (Lipinski definition) is 0. The topological polar surface area (TPSA) is 45.6 Å². The van der Waals surface area contributed by atoms with Gasteiger partial charge in [0, 0.05) is 41.3 Å². The second-order valence-corrected chi connectivity index (χ2v) is 11.3. The SMILES string of the molecule is C=C/C=C\N=C(C)CC1CC(CN2CCC(c3cccc(C)n3)CC2)CC(C)c2ccc(C(=O)C=C)cc21. The van der Waals surface area contributed by atoms with Gasteiger partial charge in [-0.2, -0.15) is 0 Å². The van der Waals surface area contributed by atoms with Crippen LogP contribution in [0.2, 0.25) is 0 Å². The first-order valence-electron chi connectivity index (χ1n) is 14.1. The first-order valence-corrected chi connectivity index (χ1v) is 14.1. The van der Waals surface area contributed by atoms with Crippen LogP contribution in [0.4, 0.5) is 0 Å². The number of pyridine rings is 1. The fraction of sp³-hybridized carbons (Fsp3) is 0.441. The lowest BCUT2D eigenvalue weighted by Gasteiger charge is -2.35. The highest BCUT2D eigenvalue weighted by Gasteiger charge is 2.31. The van der Waals surface area contributed by atoms with Crippen molar-refractivity contribution < 1.29 is 4.79 Å². The normalized spacial score (nSPS) is 23.1. The molecule has 1 saturated heterocycles. The van der Waals surface area contributed by atoms with E-state index in [4.69, 9.17) is 4.98 Å². The summed E-state index contributed by atoms with van der Waals surface area (Å²) in [5.41, 5.74) is 6.92. The van der Waals surface area contributed by atoms with Crippen molar-refractivity contribution in [3.8, 4) is 0 Å². The average molecular weight is 510 g/mol. The predicted molar refractivity (Wildman–Crippen MR) is 159 cm³/mol. The molecule has 200 valence electrons. The molecular weight excluding hydrogens is 466 g/mol. The molecule has 0 saturated carbocycles. The van der Waals surface area contributed by atoms with E-state index in [0.717, 1.165) is 49.4 Å². The van der Waals surface area contributed by atoms with Crippen LogP contribution in [0.1, 0.15) is 96.6 Å². The van der Waals surface area contributed by atoms with Gasteiger partial charge in [-0.25, -0.2) is 0 Å². The molecule has 0 radical (unpaired) electrons. The molecule has 1 aliphatic carbocycles. The monoisotopic (exact) mass is 509 g/mol. The highest BCUT2D eigenvalue weighted by molar-refractivity contribution is 6.04. The molecule has 1 fully saturated rings. The molecule has 1 aliphatic heterocycles. The van der Waals surface area contributed by atoms with Gasteiger partial charge in [-0.15, -0.1) is 0 Å². The Hall–Kier alpha value is -3.11. The van der Waals surface area contributed by atoms with Crippen LogP contribution in [0.25, 0.3) is 0 Å². The Morgan fingerprint density at radius 2 is 1.92 bits per heavy atom. The summed E-state index contributed by atoms with van der Waals surface area (Å²) in [7, 11) is 0. The number of carbonyl (C=O) groups excluding carboxylic acids is 1. The number of aliphatic imine (C=N–C) groups is 1. The van der Waals surface area contributed by atoms with Gasteiger partial charge in [0.25, 0.3) is 0 Å². The highest BCUT2D eigenvalue weighted by atomic mass is 16.1. The Morgan fingerprint density at radius 1 is 1.13 bits per heavy atom. The van der Waals surface area contributed by atoms with Crippen molar-refractivity contribution in [2.24, 2.45) is 10.9 Å². The van der Waals surface area contributed by atoms with E-state index in [1.807, 2.05) is 18.3 Å². The number of rotatable bonds is 9. The van der Waals surface area contributed by atoms with Crippen molar-refractivity contribution in [2.75, 3.05) is 19.6 Å². The van der Waals surface area contributed by atoms with Crippen LogP contribution in [-0.4, -0.2) is 41.0 Å². The molecule has 3 atom stereocenters. The molecule has 2 heterocycles. The number of fused-ring (bicyclic) bond motifs is 1. The molecule has 2 aliphatic rings. The van der Waals surface area contributed by atoms with Crippen molar-refractivity contribution in [1.82, 2.24) is 9.88 Å². The summed E-state index contributed by atoms with van der Waals surface area (Å²) in [5.74, 6) is 1.96. The van der Waals surface area contributed by atoms with Crippen LogP contribution in [0.5, 0.6) is 0 Å². The lowest BCUT2D eigenvalue weighted by Crippen LogP contribution is -2.37. The van der Waals surface area contributed by atoms with Crippen molar-refractivity contribution in [3.05, 3.63) is 102 Å². The number of benzene rings is 1. The zero-order chi connectivity index (χ0) is 27.1. The number of likely N-dealkylation sites (tertiary alicyclic amines) is 1. The van der Waals surface area contributed by atoms with Crippen molar-refractivity contribution >= 4 is 11.5 Å². The van der Waals surface area contributed by atoms with E-state index in [-0.39, 0.29) is 5.78 Å². The Bertz CT molecular complexity index is 1200. The van der Waals surface area contributed by atoms with Crippen molar-refractivity contribution in [2.45, 2.75) is 70.6 Å². The quantitative estimate of drug-likeness (QED) is 0.114. The third kappa shape index (κ3) is 7.05. The van der Waals surface area contributed by atoms with Crippen molar-refractivity contribution in [3.63, 3.8) is 0 Å². The molecule has 0 amide bonds. The third-order valence-electron chi connectivity index (χ3n) is 8.32. The number of aryl methyl sites for hydroxylation is 1. The minimum absolute atomic E-state index is 0.00900. The van der Waals surface area contributed by atoms with Crippen LogP contribution in [0.15, 0.2) is 79.0 Å². The van der Waals surface area contributed by atoms with E-state index in [0.29, 0.717) is 23.7 Å². The molecule has 1 aromatic heterocycles. The molecule has 3 unspecified atom stereocenters. The third-order valence-corrected chi connectivity index (χ3v) is 8.32. The summed E-state index contributed by atoms with van der Waals surface area (Å²) in [5, 5.41) is 0. The number of carbonyl (C=O) groups is 1. The van der Waals surface area contributed by atoms with E-state index in [1.165, 1.54) is 42.2 Å². The molecule has 0 bridgehead atoms. The summed E-state index contributed by atoms with van der Waals surface area (Å²) in [6, 6.07) is 12.7. The summed E-state index contributed by atoms with van der Waals surface area (Å²) in [6.45, 7) is 17.4. The minimum atomic E-state index is -0.00900. The van der Waals surface area contributed by atoms with E-state index in [9.17, 15) is 4.79 Å². The maximum Gasteiger partial charge on any atom is 0.185 e. The van der Waals surface area contributed by atoms with Gasteiger partial charge in [0.15, 0.2) is 5.78 Å². The Morgan fingerprint density at radius 3 is 2.63 bits per heavy atom. The Kier molecular flexibility index (Phi) is 9.63. The fourth-order valence-corrected chi connectivity index (χ4v) is 6.45. The molecule has 38 heavy (non-hydrogen) atoms. The van der Waals surface area contributed by atoms with Gasteiger partial charge in [0.05, 0.1) is 0 Å². The van der Waals surface area contributed by atoms with E-state index < -0.39 is 0 Å². The summed E-state index contributed by atoms with van der Waals surface area (Å²) in [6.07, 6.45) is 12.4. The molecule has 4 nitrogen and oxygen atoms in total. The number of hydrogen-bond acceptors (Lipinski definition) is 4. The molecule has 1 aromatic carbocycles. The largest absolute Gasteiger partial charge is 0.303 e. The van der Waals surface area contributed by atoms with E-state index >= 15 is 0 Å². The smallest absolute Gasteiger partial charge is 0.185 e. The van der Waals surface area contributed by atoms with Crippen LogP contribution in [0.3, 0.4) is 0 Å².